The van der Waals surface area contributed by atoms with Crippen LogP contribution in [0.2, 0.25) is 0 Å². The molecular formula is C28H30N8O2S. The van der Waals surface area contributed by atoms with E-state index < -0.39 is 0 Å². The van der Waals surface area contributed by atoms with Crippen LogP contribution in [0, 0.1) is 0 Å². The first-order valence-electron chi connectivity index (χ1n) is 13.2. The number of piperidine rings is 1. The van der Waals surface area contributed by atoms with Crippen molar-refractivity contribution in [2.45, 2.75) is 18.8 Å². The number of carbonyl (C=O) groups excluding carboxylic acids is 2. The van der Waals surface area contributed by atoms with Crippen LogP contribution in [-0.4, -0.2) is 81.2 Å². The predicted molar refractivity (Wildman–Crippen MR) is 151 cm³/mol. The normalized spacial score (nSPS) is 16.4. The van der Waals surface area contributed by atoms with E-state index in [0.29, 0.717) is 37.7 Å². The minimum absolute atomic E-state index is 0.0103. The second-order valence-electron chi connectivity index (χ2n) is 9.76. The van der Waals surface area contributed by atoms with Crippen LogP contribution in [0.4, 0.5) is 16.4 Å². The van der Waals surface area contributed by atoms with Crippen molar-refractivity contribution in [1.29, 1.82) is 0 Å². The van der Waals surface area contributed by atoms with E-state index in [1.54, 1.807) is 17.5 Å². The van der Waals surface area contributed by atoms with Gasteiger partial charge in [0.2, 0.25) is 0 Å². The van der Waals surface area contributed by atoms with Gasteiger partial charge in [-0.3, -0.25) is 15.2 Å². The lowest BCUT2D eigenvalue weighted by Crippen LogP contribution is -2.49. The van der Waals surface area contributed by atoms with E-state index in [2.05, 4.69) is 25.4 Å². The molecule has 3 aromatic heterocycles. The molecule has 2 aliphatic rings. The van der Waals surface area contributed by atoms with Gasteiger partial charge in [0.25, 0.3) is 5.91 Å². The number of amides is 3. The average Bonchev–Trinajstić information content (AvgIpc) is 3.69. The summed E-state index contributed by atoms with van der Waals surface area (Å²) in [6.45, 7) is 4.07. The van der Waals surface area contributed by atoms with Crippen molar-refractivity contribution in [2.24, 2.45) is 0 Å². The number of nitrogens with one attached hydrogen (secondary N) is 2. The van der Waals surface area contributed by atoms with Crippen LogP contribution in [0.1, 0.15) is 34.3 Å². The summed E-state index contributed by atoms with van der Waals surface area (Å²) in [4.78, 5) is 41.0. The Kier molecular flexibility index (Phi) is 7.22. The van der Waals surface area contributed by atoms with Gasteiger partial charge < -0.3 is 14.7 Å². The molecule has 0 radical (unpaired) electrons. The number of H-pyrrole nitrogens is 1. The number of piperazine rings is 1. The number of hydrogen-bond acceptors (Lipinski definition) is 7. The van der Waals surface area contributed by atoms with Gasteiger partial charge >= 0.3 is 6.03 Å². The highest BCUT2D eigenvalue weighted by Gasteiger charge is 2.29. The van der Waals surface area contributed by atoms with Crippen molar-refractivity contribution in [1.82, 2.24) is 30.0 Å². The number of aromatic nitrogens is 4. The van der Waals surface area contributed by atoms with Crippen molar-refractivity contribution in [3.05, 3.63) is 76.9 Å². The number of thiazole rings is 1. The third-order valence-electron chi connectivity index (χ3n) is 7.31. The number of pyridine rings is 1. The van der Waals surface area contributed by atoms with Crippen LogP contribution in [0.25, 0.3) is 11.3 Å². The molecule has 10 nitrogen and oxygen atoms in total. The largest absolute Gasteiger partial charge is 0.353 e. The summed E-state index contributed by atoms with van der Waals surface area (Å²) >= 11 is 1.55. The van der Waals surface area contributed by atoms with Gasteiger partial charge in [0.05, 0.1) is 10.7 Å². The first-order chi connectivity index (χ1) is 19.1. The number of likely N-dealkylation sites (tertiary alicyclic amines) is 1. The molecule has 39 heavy (non-hydrogen) atoms. The molecule has 0 unspecified atom stereocenters. The fraction of sp³-hybridized carbons (Fsp3) is 0.321. The average molecular weight is 543 g/mol. The Balaban J connectivity index is 0.989. The van der Waals surface area contributed by atoms with Crippen LogP contribution in [-0.2, 0) is 0 Å². The Morgan fingerprint density at radius 3 is 2.44 bits per heavy atom. The smallest absolute Gasteiger partial charge is 0.323 e. The Morgan fingerprint density at radius 2 is 1.69 bits per heavy atom. The number of carbonyl (C=O) groups is 2. The highest BCUT2D eigenvalue weighted by atomic mass is 32.1. The number of rotatable bonds is 5. The van der Waals surface area contributed by atoms with E-state index in [-0.39, 0.29) is 17.9 Å². The summed E-state index contributed by atoms with van der Waals surface area (Å²) in [6, 6.07) is 17.4. The van der Waals surface area contributed by atoms with E-state index >= 15 is 0 Å². The van der Waals surface area contributed by atoms with Gasteiger partial charge in [-0.05, 0) is 30.5 Å². The molecule has 2 N–H and O–H groups in total. The summed E-state index contributed by atoms with van der Waals surface area (Å²) in [5.74, 6) is 1.69. The maximum absolute atomic E-state index is 13.1. The second-order valence-corrected chi connectivity index (χ2v) is 10.7. The van der Waals surface area contributed by atoms with Gasteiger partial charge in [-0.15, -0.1) is 11.3 Å². The molecule has 11 heteroatoms. The molecule has 0 spiro atoms. The van der Waals surface area contributed by atoms with Crippen LogP contribution >= 0.6 is 11.3 Å². The summed E-state index contributed by atoms with van der Waals surface area (Å²) in [7, 11) is 0. The van der Waals surface area contributed by atoms with Gasteiger partial charge in [0.1, 0.15) is 11.5 Å². The second kappa shape index (κ2) is 11.2. The molecule has 0 aliphatic carbocycles. The minimum Gasteiger partial charge on any atom is -0.353 e. The van der Waals surface area contributed by atoms with Crippen molar-refractivity contribution in [3.63, 3.8) is 0 Å². The summed E-state index contributed by atoms with van der Waals surface area (Å²) in [5, 5.41) is 13.0. The standard InChI is InChI=1S/C28H30N8O2S/c37-27(35-16-14-34(15-17-35)25-8-4-5-11-29-25)23-19-39-26(30-23)21-9-12-36(13-10-21)28(38)31-24-18-22(32-33-24)20-6-2-1-3-7-20/h1-8,11,18-19,21H,9-10,12-17H2,(H2,31,32,33,38). The van der Waals surface area contributed by atoms with Crippen LogP contribution < -0.4 is 10.2 Å². The van der Waals surface area contributed by atoms with E-state index in [1.807, 2.05) is 69.8 Å². The molecule has 2 saturated heterocycles. The van der Waals surface area contributed by atoms with Gasteiger partial charge in [-0.25, -0.2) is 14.8 Å². The molecule has 6 rings (SSSR count). The molecule has 2 fully saturated rings. The molecule has 4 aromatic rings. The predicted octanol–water partition coefficient (Wildman–Crippen LogP) is 4.30. The number of aromatic amines is 1. The number of anilines is 2. The van der Waals surface area contributed by atoms with Crippen LogP contribution in [0.5, 0.6) is 0 Å². The number of benzene rings is 1. The van der Waals surface area contributed by atoms with Crippen LogP contribution in [0.15, 0.2) is 66.2 Å². The zero-order valence-electron chi connectivity index (χ0n) is 21.5. The van der Waals surface area contributed by atoms with E-state index in [9.17, 15) is 9.59 Å². The fourth-order valence-corrected chi connectivity index (χ4v) is 6.05. The molecule has 1 aromatic carbocycles. The Labute approximate surface area is 230 Å². The first-order valence-corrected chi connectivity index (χ1v) is 14.1. The lowest BCUT2D eigenvalue weighted by molar-refractivity contribution is 0.0741. The summed E-state index contributed by atoms with van der Waals surface area (Å²) in [5.41, 5.74) is 2.39. The van der Waals surface area contributed by atoms with Crippen molar-refractivity contribution < 1.29 is 9.59 Å². The third kappa shape index (κ3) is 5.63. The Bertz CT molecular complexity index is 1410. The van der Waals surface area contributed by atoms with E-state index in [0.717, 1.165) is 48.0 Å². The molecule has 2 aliphatic heterocycles. The summed E-state index contributed by atoms with van der Waals surface area (Å²) < 4.78 is 0. The molecule has 0 saturated carbocycles. The Hall–Kier alpha value is -4.25. The van der Waals surface area contributed by atoms with E-state index in [1.165, 1.54) is 0 Å². The lowest BCUT2D eigenvalue weighted by Gasteiger charge is -2.35. The molecule has 0 atom stereocenters. The van der Waals surface area contributed by atoms with Gasteiger partial charge in [-0.1, -0.05) is 36.4 Å². The fourth-order valence-electron chi connectivity index (χ4n) is 5.08. The Morgan fingerprint density at radius 1 is 0.923 bits per heavy atom. The zero-order valence-corrected chi connectivity index (χ0v) is 22.3. The van der Waals surface area contributed by atoms with Crippen molar-refractivity contribution in [3.8, 4) is 11.3 Å². The zero-order chi connectivity index (χ0) is 26.6. The van der Waals surface area contributed by atoms with Crippen molar-refractivity contribution in [2.75, 3.05) is 49.5 Å². The van der Waals surface area contributed by atoms with Crippen LogP contribution in [0.3, 0.4) is 0 Å². The maximum atomic E-state index is 13.1. The van der Waals surface area contributed by atoms with E-state index in [4.69, 9.17) is 4.98 Å². The topological polar surface area (TPSA) is 110 Å². The minimum atomic E-state index is -0.153. The highest BCUT2D eigenvalue weighted by molar-refractivity contribution is 7.09. The number of hydrogen-bond donors (Lipinski definition) is 2. The third-order valence-corrected chi connectivity index (χ3v) is 8.32. The molecule has 200 valence electrons. The highest BCUT2D eigenvalue weighted by Crippen LogP contribution is 2.31. The molecule has 3 amide bonds. The maximum Gasteiger partial charge on any atom is 0.323 e. The first kappa shape index (κ1) is 25.1. The monoisotopic (exact) mass is 542 g/mol. The molecule has 5 heterocycles. The lowest BCUT2D eigenvalue weighted by atomic mass is 9.98. The van der Waals surface area contributed by atoms with Gasteiger partial charge in [0.15, 0.2) is 5.82 Å². The quantitative estimate of drug-likeness (QED) is 0.389. The van der Waals surface area contributed by atoms with Gasteiger partial charge in [-0.2, -0.15) is 5.10 Å². The molecule has 0 bridgehead atoms. The molecular weight excluding hydrogens is 512 g/mol. The van der Waals surface area contributed by atoms with Gasteiger partial charge in [0, 0.05) is 62.8 Å². The number of urea groups is 1. The SMILES string of the molecule is O=C(Nc1cc(-c2ccccc2)[nH]n1)N1CCC(c2nc(C(=O)N3CCN(c4ccccn4)CC3)cs2)CC1. The van der Waals surface area contributed by atoms with Crippen molar-refractivity contribution >= 4 is 34.9 Å². The number of nitrogens with zero attached hydrogens (tertiary/aromatic N) is 6. The summed E-state index contributed by atoms with van der Waals surface area (Å²) in [6.07, 6.45) is 3.42.